The molecule has 0 unspecified atom stereocenters. The van der Waals surface area contributed by atoms with Crippen molar-refractivity contribution < 1.29 is 14.9 Å². The highest BCUT2D eigenvalue weighted by atomic mass is 16.5. The van der Waals surface area contributed by atoms with Crippen molar-refractivity contribution in [3.05, 3.63) is 23.0 Å². The Labute approximate surface area is 95.9 Å². The molecule has 1 heterocycles. The smallest absolute Gasteiger partial charge is 0.142 e. The lowest BCUT2D eigenvalue weighted by molar-refractivity contribution is -0.0163. The summed E-state index contributed by atoms with van der Waals surface area (Å²) in [6.45, 7) is 7.67. The lowest BCUT2D eigenvalue weighted by Gasteiger charge is -2.21. The molecule has 90 valence electrons. The van der Waals surface area contributed by atoms with E-state index in [2.05, 4.69) is 4.98 Å². The Bertz CT molecular complexity index is 369. The van der Waals surface area contributed by atoms with Crippen LogP contribution in [0, 0.1) is 6.92 Å². The second kappa shape index (κ2) is 4.80. The highest BCUT2D eigenvalue weighted by Gasteiger charge is 2.16. The summed E-state index contributed by atoms with van der Waals surface area (Å²) in [6, 6.07) is 0. The molecule has 0 aliphatic rings. The fraction of sp³-hybridized carbons (Fsp3) is 0.583. The van der Waals surface area contributed by atoms with Crippen LogP contribution in [0.15, 0.2) is 6.20 Å². The van der Waals surface area contributed by atoms with Gasteiger partial charge in [-0.05, 0) is 27.7 Å². The number of pyridine rings is 1. The number of hydrogen-bond donors (Lipinski definition) is 2. The van der Waals surface area contributed by atoms with Gasteiger partial charge < -0.3 is 14.9 Å². The van der Waals surface area contributed by atoms with Crippen LogP contribution in [0.2, 0.25) is 0 Å². The third-order valence-corrected chi connectivity index (χ3v) is 2.25. The predicted octanol–water partition coefficient (Wildman–Crippen LogP) is 1.90. The van der Waals surface area contributed by atoms with Crippen LogP contribution < -0.4 is 0 Å². The summed E-state index contributed by atoms with van der Waals surface area (Å²) in [5.41, 5.74) is 1.48. The van der Waals surface area contributed by atoms with Crippen molar-refractivity contribution in [2.75, 3.05) is 0 Å². The Balaban J connectivity index is 2.97. The minimum absolute atomic E-state index is 0.107. The molecule has 0 fully saturated rings. The Hall–Kier alpha value is -1.13. The number of aryl methyl sites for hydroxylation is 1. The molecule has 0 saturated carbocycles. The van der Waals surface area contributed by atoms with Crippen molar-refractivity contribution in [2.45, 2.75) is 46.5 Å². The fourth-order valence-corrected chi connectivity index (χ4v) is 1.27. The summed E-state index contributed by atoms with van der Waals surface area (Å²) >= 11 is 0. The second-order valence-corrected chi connectivity index (χ2v) is 4.76. The van der Waals surface area contributed by atoms with Gasteiger partial charge in [0.05, 0.1) is 24.5 Å². The summed E-state index contributed by atoms with van der Waals surface area (Å²) in [5, 5.41) is 19.0. The van der Waals surface area contributed by atoms with Gasteiger partial charge in [0.15, 0.2) is 0 Å². The normalized spacial score (nSPS) is 11.8. The van der Waals surface area contributed by atoms with Crippen LogP contribution in [0.25, 0.3) is 0 Å². The molecule has 4 nitrogen and oxygen atoms in total. The van der Waals surface area contributed by atoms with Crippen LogP contribution in [-0.2, 0) is 18.0 Å². The van der Waals surface area contributed by atoms with Crippen molar-refractivity contribution in [3.8, 4) is 5.75 Å². The molecule has 0 spiro atoms. The molecule has 0 radical (unpaired) electrons. The average Bonchev–Trinajstić information content (AvgIpc) is 2.19. The number of rotatable bonds is 3. The zero-order valence-electron chi connectivity index (χ0n) is 10.2. The van der Waals surface area contributed by atoms with E-state index in [1.54, 1.807) is 13.1 Å². The van der Waals surface area contributed by atoms with Crippen LogP contribution in [0.4, 0.5) is 0 Å². The maximum Gasteiger partial charge on any atom is 0.142 e. The number of aromatic nitrogens is 1. The van der Waals surface area contributed by atoms with Gasteiger partial charge in [-0.2, -0.15) is 0 Å². The number of nitrogens with zero attached hydrogens (tertiary/aromatic N) is 1. The van der Waals surface area contributed by atoms with Crippen LogP contribution >= 0.6 is 0 Å². The third-order valence-electron chi connectivity index (χ3n) is 2.25. The molecule has 0 bridgehead atoms. The molecule has 1 aromatic rings. The van der Waals surface area contributed by atoms with Crippen LogP contribution in [0.3, 0.4) is 0 Å². The number of hydrogen-bond acceptors (Lipinski definition) is 4. The van der Waals surface area contributed by atoms with Crippen molar-refractivity contribution in [3.63, 3.8) is 0 Å². The quantitative estimate of drug-likeness (QED) is 0.824. The summed E-state index contributed by atoms with van der Waals surface area (Å²) in [4.78, 5) is 3.99. The number of ether oxygens (including phenoxy) is 1. The van der Waals surface area contributed by atoms with E-state index in [0.29, 0.717) is 16.8 Å². The Morgan fingerprint density at radius 3 is 2.50 bits per heavy atom. The largest absolute Gasteiger partial charge is 0.506 e. The van der Waals surface area contributed by atoms with Gasteiger partial charge in [-0.3, -0.25) is 4.98 Å². The molecular weight excluding hydrogens is 206 g/mol. The van der Waals surface area contributed by atoms with Gasteiger partial charge in [0.1, 0.15) is 5.75 Å². The molecule has 1 aromatic heterocycles. The van der Waals surface area contributed by atoms with E-state index in [1.807, 2.05) is 20.8 Å². The summed E-state index contributed by atoms with van der Waals surface area (Å²) in [5.74, 6) is 0.107. The first-order chi connectivity index (χ1) is 7.35. The third kappa shape index (κ3) is 3.18. The van der Waals surface area contributed by atoms with Crippen LogP contribution in [0.1, 0.15) is 37.6 Å². The highest BCUT2D eigenvalue weighted by molar-refractivity contribution is 5.40. The Kier molecular flexibility index (Phi) is 3.88. The lowest BCUT2D eigenvalue weighted by atomic mass is 10.1. The van der Waals surface area contributed by atoms with Gasteiger partial charge >= 0.3 is 0 Å². The minimum atomic E-state index is -0.281. The first-order valence-electron chi connectivity index (χ1n) is 5.26. The first-order valence-corrected chi connectivity index (χ1v) is 5.26. The molecule has 0 amide bonds. The summed E-state index contributed by atoms with van der Waals surface area (Å²) in [6.07, 6.45) is 1.57. The predicted molar refractivity (Wildman–Crippen MR) is 61.1 cm³/mol. The van der Waals surface area contributed by atoms with E-state index in [4.69, 9.17) is 9.84 Å². The van der Waals surface area contributed by atoms with Crippen molar-refractivity contribution in [1.29, 1.82) is 0 Å². The molecule has 1 rings (SSSR count). The molecule has 2 N–H and O–H groups in total. The molecule has 0 aliphatic heterocycles. The van der Waals surface area contributed by atoms with Crippen molar-refractivity contribution in [2.24, 2.45) is 0 Å². The van der Waals surface area contributed by atoms with E-state index in [9.17, 15) is 5.11 Å². The van der Waals surface area contributed by atoms with Gasteiger partial charge in [0, 0.05) is 17.3 Å². The zero-order chi connectivity index (χ0) is 12.3. The summed E-state index contributed by atoms with van der Waals surface area (Å²) < 4.78 is 5.59. The highest BCUT2D eigenvalue weighted by Crippen LogP contribution is 2.26. The minimum Gasteiger partial charge on any atom is -0.506 e. The van der Waals surface area contributed by atoms with Crippen molar-refractivity contribution >= 4 is 0 Å². The van der Waals surface area contributed by atoms with Crippen molar-refractivity contribution in [1.82, 2.24) is 4.98 Å². The monoisotopic (exact) mass is 225 g/mol. The van der Waals surface area contributed by atoms with Gasteiger partial charge in [0.2, 0.25) is 0 Å². The van der Waals surface area contributed by atoms with Crippen LogP contribution in [0.5, 0.6) is 5.75 Å². The number of aliphatic hydroxyl groups excluding tert-OH is 1. The van der Waals surface area contributed by atoms with E-state index in [1.165, 1.54) is 0 Å². The lowest BCUT2D eigenvalue weighted by Crippen LogP contribution is -2.19. The average molecular weight is 225 g/mol. The van der Waals surface area contributed by atoms with Gasteiger partial charge in [-0.15, -0.1) is 0 Å². The Morgan fingerprint density at radius 1 is 1.38 bits per heavy atom. The Morgan fingerprint density at radius 2 is 2.00 bits per heavy atom. The topological polar surface area (TPSA) is 62.6 Å². The second-order valence-electron chi connectivity index (χ2n) is 4.76. The van der Waals surface area contributed by atoms with Crippen LogP contribution in [-0.4, -0.2) is 20.8 Å². The fourth-order valence-electron chi connectivity index (χ4n) is 1.27. The van der Waals surface area contributed by atoms with Gasteiger partial charge in [0.25, 0.3) is 0 Å². The standard InChI is InChI=1S/C12H19NO3/c1-8-11(15)10(7-16-12(2,3)4)9(6-14)5-13-8/h5,14-15H,6-7H2,1-4H3. The van der Waals surface area contributed by atoms with Gasteiger partial charge in [-0.1, -0.05) is 0 Å². The SMILES string of the molecule is Cc1ncc(CO)c(COC(C)(C)C)c1O. The number of aromatic hydroxyl groups is 1. The first kappa shape index (κ1) is 12.9. The van der Waals surface area contributed by atoms with E-state index in [-0.39, 0.29) is 24.6 Å². The number of aliphatic hydroxyl groups is 1. The molecule has 0 aliphatic carbocycles. The van der Waals surface area contributed by atoms with E-state index in [0.717, 1.165) is 0 Å². The maximum absolute atomic E-state index is 9.85. The van der Waals surface area contributed by atoms with E-state index < -0.39 is 0 Å². The molecular formula is C12H19NO3. The van der Waals surface area contributed by atoms with Gasteiger partial charge in [-0.25, -0.2) is 0 Å². The van der Waals surface area contributed by atoms with E-state index >= 15 is 0 Å². The maximum atomic E-state index is 9.85. The molecule has 0 aromatic carbocycles. The molecule has 16 heavy (non-hydrogen) atoms. The molecule has 0 atom stereocenters. The molecule has 4 heteroatoms. The molecule has 0 saturated heterocycles. The summed E-state index contributed by atoms with van der Waals surface area (Å²) in [7, 11) is 0. The zero-order valence-corrected chi connectivity index (χ0v) is 10.2.